The zero-order valence-corrected chi connectivity index (χ0v) is 12.6. The van der Waals surface area contributed by atoms with Gasteiger partial charge in [0.15, 0.2) is 5.13 Å². The van der Waals surface area contributed by atoms with Crippen molar-refractivity contribution in [3.63, 3.8) is 0 Å². The number of fused-ring (bicyclic) bond motifs is 1. The lowest BCUT2D eigenvalue weighted by Gasteiger charge is -2.16. The van der Waals surface area contributed by atoms with Crippen molar-refractivity contribution >= 4 is 16.5 Å². The predicted octanol–water partition coefficient (Wildman–Crippen LogP) is 3.19. The van der Waals surface area contributed by atoms with Crippen LogP contribution < -0.4 is 4.90 Å². The van der Waals surface area contributed by atoms with Crippen molar-refractivity contribution in [2.24, 2.45) is 0 Å². The zero-order chi connectivity index (χ0) is 13.9. The van der Waals surface area contributed by atoms with Gasteiger partial charge in [0.05, 0.1) is 11.8 Å². The number of nitrogens with zero attached hydrogens (tertiary/aromatic N) is 2. The van der Waals surface area contributed by atoms with Crippen LogP contribution in [0.4, 0.5) is 5.13 Å². The highest BCUT2D eigenvalue weighted by Gasteiger charge is 2.23. The molecular formula is C16H20N2OS. The van der Waals surface area contributed by atoms with Crippen molar-refractivity contribution < 1.29 is 5.11 Å². The van der Waals surface area contributed by atoms with E-state index < -0.39 is 0 Å². The van der Waals surface area contributed by atoms with Crippen molar-refractivity contribution in [2.75, 3.05) is 18.5 Å². The second-order valence-electron chi connectivity index (χ2n) is 5.37. The second kappa shape index (κ2) is 5.94. The average Bonchev–Trinajstić information content (AvgIpc) is 2.91. The van der Waals surface area contributed by atoms with E-state index in [0.717, 1.165) is 43.1 Å². The molecule has 0 fully saturated rings. The fourth-order valence-corrected chi connectivity index (χ4v) is 3.73. The number of aliphatic hydroxyl groups excluding tert-OH is 1. The number of likely N-dealkylation sites (N-methyl/N-ethyl adjacent to an activating group) is 1. The maximum absolute atomic E-state index is 9.99. The summed E-state index contributed by atoms with van der Waals surface area (Å²) >= 11 is 1.74. The largest absolute Gasteiger partial charge is 0.387 e. The van der Waals surface area contributed by atoms with E-state index in [0.29, 0.717) is 0 Å². The Balaban J connectivity index is 1.67. The third kappa shape index (κ3) is 2.86. The normalized spacial score (nSPS) is 17.8. The van der Waals surface area contributed by atoms with E-state index in [2.05, 4.69) is 41.2 Å². The summed E-state index contributed by atoms with van der Waals surface area (Å²) in [5.41, 5.74) is 2.27. The standard InChI is InChI=1S/C16H20N2OS/c1-18(11-10-12-6-3-2-4-7-12)16-17-15-13(19)8-5-9-14(15)20-16/h2-4,6-7,13,19H,5,8-11H2,1H3. The van der Waals surface area contributed by atoms with Crippen molar-refractivity contribution in [3.05, 3.63) is 46.5 Å². The van der Waals surface area contributed by atoms with Gasteiger partial charge < -0.3 is 10.0 Å². The molecule has 0 spiro atoms. The monoisotopic (exact) mass is 288 g/mol. The summed E-state index contributed by atoms with van der Waals surface area (Å²) in [6.45, 7) is 0.951. The number of aromatic nitrogens is 1. The van der Waals surface area contributed by atoms with E-state index in [1.54, 1.807) is 11.3 Å². The molecule has 3 nitrogen and oxygen atoms in total. The van der Waals surface area contributed by atoms with E-state index in [1.807, 2.05) is 6.07 Å². The molecule has 2 aromatic rings. The van der Waals surface area contributed by atoms with Gasteiger partial charge in [0.25, 0.3) is 0 Å². The Morgan fingerprint density at radius 2 is 2.15 bits per heavy atom. The Bertz CT molecular complexity index is 567. The van der Waals surface area contributed by atoms with Gasteiger partial charge in [-0.1, -0.05) is 30.3 Å². The molecule has 4 heteroatoms. The first-order valence-corrected chi connectivity index (χ1v) is 7.98. The summed E-state index contributed by atoms with van der Waals surface area (Å²) < 4.78 is 0. The lowest BCUT2D eigenvalue weighted by atomic mass is 10.0. The van der Waals surface area contributed by atoms with Crippen LogP contribution in [0.2, 0.25) is 0 Å². The van der Waals surface area contributed by atoms with Gasteiger partial charge in [0.2, 0.25) is 0 Å². The summed E-state index contributed by atoms with van der Waals surface area (Å²) in [5.74, 6) is 0. The highest BCUT2D eigenvalue weighted by Crippen LogP contribution is 2.36. The summed E-state index contributed by atoms with van der Waals surface area (Å²) in [6.07, 6.45) is 3.65. The zero-order valence-electron chi connectivity index (χ0n) is 11.7. The molecule has 1 atom stereocenters. The Labute approximate surface area is 123 Å². The number of hydrogen-bond donors (Lipinski definition) is 1. The third-order valence-corrected chi connectivity index (χ3v) is 5.06. The van der Waals surface area contributed by atoms with Crippen molar-refractivity contribution in [1.29, 1.82) is 0 Å². The summed E-state index contributed by atoms with van der Waals surface area (Å²) in [4.78, 5) is 8.10. The number of hydrogen-bond acceptors (Lipinski definition) is 4. The molecule has 1 N–H and O–H groups in total. The van der Waals surface area contributed by atoms with Crippen LogP contribution in [0.5, 0.6) is 0 Å². The van der Waals surface area contributed by atoms with Crippen LogP contribution in [0.25, 0.3) is 0 Å². The first-order chi connectivity index (χ1) is 9.74. The molecule has 20 heavy (non-hydrogen) atoms. The van der Waals surface area contributed by atoms with Gasteiger partial charge in [0.1, 0.15) is 0 Å². The van der Waals surface area contributed by atoms with Gasteiger partial charge >= 0.3 is 0 Å². The number of rotatable bonds is 4. The van der Waals surface area contributed by atoms with E-state index in [1.165, 1.54) is 10.4 Å². The molecule has 0 saturated heterocycles. The molecule has 1 unspecified atom stereocenters. The Hall–Kier alpha value is -1.39. The topological polar surface area (TPSA) is 36.4 Å². The molecule has 1 aromatic carbocycles. The van der Waals surface area contributed by atoms with Crippen molar-refractivity contribution in [3.8, 4) is 0 Å². The number of aliphatic hydroxyl groups is 1. The molecule has 1 aliphatic rings. The average molecular weight is 288 g/mol. The third-order valence-electron chi connectivity index (χ3n) is 3.82. The highest BCUT2D eigenvalue weighted by molar-refractivity contribution is 7.15. The number of aryl methyl sites for hydroxylation is 1. The Morgan fingerprint density at radius 1 is 1.35 bits per heavy atom. The molecule has 1 aromatic heterocycles. The van der Waals surface area contributed by atoms with Crippen molar-refractivity contribution in [2.45, 2.75) is 31.8 Å². The van der Waals surface area contributed by atoms with Crippen LogP contribution in [0.3, 0.4) is 0 Å². The van der Waals surface area contributed by atoms with Gasteiger partial charge in [-0.2, -0.15) is 0 Å². The number of benzene rings is 1. The van der Waals surface area contributed by atoms with Crippen LogP contribution in [-0.4, -0.2) is 23.7 Å². The SMILES string of the molecule is CN(CCc1ccccc1)c1nc2c(s1)CCCC2O. The molecule has 1 heterocycles. The molecule has 0 saturated carbocycles. The summed E-state index contributed by atoms with van der Waals surface area (Å²) in [6, 6.07) is 10.5. The van der Waals surface area contributed by atoms with Crippen LogP contribution in [0.15, 0.2) is 30.3 Å². The first-order valence-electron chi connectivity index (χ1n) is 7.17. The van der Waals surface area contributed by atoms with E-state index in [-0.39, 0.29) is 6.10 Å². The molecule has 0 bridgehead atoms. The minimum Gasteiger partial charge on any atom is -0.387 e. The Kier molecular flexibility index (Phi) is 4.03. The van der Waals surface area contributed by atoms with E-state index in [9.17, 15) is 5.11 Å². The molecule has 106 valence electrons. The van der Waals surface area contributed by atoms with Gasteiger partial charge in [-0.15, -0.1) is 11.3 Å². The number of anilines is 1. The smallest absolute Gasteiger partial charge is 0.185 e. The molecule has 3 rings (SSSR count). The fraction of sp³-hybridized carbons (Fsp3) is 0.438. The minimum atomic E-state index is -0.355. The highest BCUT2D eigenvalue weighted by atomic mass is 32.1. The van der Waals surface area contributed by atoms with E-state index >= 15 is 0 Å². The summed E-state index contributed by atoms with van der Waals surface area (Å²) in [7, 11) is 2.08. The first kappa shape index (κ1) is 13.6. The molecule has 1 aliphatic carbocycles. The lowest BCUT2D eigenvalue weighted by molar-refractivity contribution is 0.153. The van der Waals surface area contributed by atoms with Crippen LogP contribution in [0, 0.1) is 0 Å². The molecule has 0 aliphatic heterocycles. The Morgan fingerprint density at radius 3 is 2.90 bits per heavy atom. The van der Waals surface area contributed by atoms with Crippen molar-refractivity contribution in [1.82, 2.24) is 4.98 Å². The second-order valence-corrected chi connectivity index (χ2v) is 6.43. The maximum Gasteiger partial charge on any atom is 0.185 e. The van der Waals surface area contributed by atoms with Gasteiger partial charge in [-0.3, -0.25) is 0 Å². The number of thiazole rings is 1. The quantitative estimate of drug-likeness (QED) is 0.938. The lowest BCUT2D eigenvalue weighted by Crippen LogP contribution is -2.20. The predicted molar refractivity (Wildman–Crippen MR) is 83.4 cm³/mol. The van der Waals surface area contributed by atoms with Crippen LogP contribution in [0.1, 0.15) is 35.1 Å². The van der Waals surface area contributed by atoms with Crippen LogP contribution >= 0.6 is 11.3 Å². The molecular weight excluding hydrogens is 268 g/mol. The molecule has 0 amide bonds. The fourth-order valence-electron chi connectivity index (χ4n) is 2.58. The maximum atomic E-state index is 9.99. The van der Waals surface area contributed by atoms with Gasteiger partial charge in [-0.05, 0) is 31.2 Å². The minimum absolute atomic E-state index is 0.355. The van der Waals surface area contributed by atoms with Gasteiger partial charge in [0, 0.05) is 18.5 Å². The van der Waals surface area contributed by atoms with Crippen LogP contribution in [-0.2, 0) is 12.8 Å². The summed E-state index contributed by atoms with van der Waals surface area (Å²) in [5, 5.41) is 11.0. The van der Waals surface area contributed by atoms with E-state index in [4.69, 9.17) is 0 Å². The molecule has 0 radical (unpaired) electrons. The van der Waals surface area contributed by atoms with Gasteiger partial charge in [-0.25, -0.2) is 4.98 Å².